The Labute approximate surface area is 100 Å². The summed E-state index contributed by atoms with van der Waals surface area (Å²) >= 11 is 0. The summed E-state index contributed by atoms with van der Waals surface area (Å²) in [6.07, 6.45) is 2.44. The second-order valence-electron chi connectivity index (χ2n) is 3.96. The molecule has 1 unspecified atom stereocenters. The Balaban J connectivity index is 2.94. The molecule has 0 heterocycles. The summed E-state index contributed by atoms with van der Waals surface area (Å²) in [4.78, 5) is 10.1. The number of nitrogens with two attached hydrogens (primary N) is 1. The predicted octanol–water partition coefficient (Wildman–Crippen LogP) is 2.14. The fourth-order valence-electron chi connectivity index (χ4n) is 1.72. The SMILES string of the molecule is CCCC(N)Cc1ccc([N+](=O)[O-])cc1C#N. The minimum atomic E-state index is -0.503. The lowest BCUT2D eigenvalue weighted by Crippen LogP contribution is -2.22. The zero-order valence-corrected chi connectivity index (χ0v) is 9.72. The molecule has 17 heavy (non-hydrogen) atoms. The molecular weight excluding hydrogens is 218 g/mol. The molecule has 0 saturated carbocycles. The van der Waals surface area contributed by atoms with Crippen LogP contribution in [0, 0.1) is 21.4 Å². The van der Waals surface area contributed by atoms with Gasteiger partial charge in [0.25, 0.3) is 5.69 Å². The first-order valence-electron chi connectivity index (χ1n) is 5.51. The first-order valence-corrected chi connectivity index (χ1v) is 5.51. The first-order chi connectivity index (χ1) is 8.08. The molecule has 0 aliphatic heterocycles. The molecule has 0 aliphatic rings. The number of nitro benzene ring substituents is 1. The molecule has 1 aromatic carbocycles. The lowest BCUT2D eigenvalue weighted by atomic mass is 9.98. The molecule has 0 aliphatic carbocycles. The van der Waals surface area contributed by atoms with Gasteiger partial charge in [-0.25, -0.2) is 0 Å². The zero-order chi connectivity index (χ0) is 12.8. The maximum absolute atomic E-state index is 10.6. The molecule has 1 aromatic rings. The van der Waals surface area contributed by atoms with Crippen molar-refractivity contribution >= 4 is 5.69 Å². The highest BCUT2D eigenvalue weighted by atomic mass is 16.6. The van der Waals surface area contributed by atoms with Gasteiger partial charge in [-0.3, -0.25) is 10.1 Å². The van der Waals surface area contributed by atoms with Crippen molar-refractivity contribution in [3.8, 4) is 6.07 Å². The van der Waals surface area contributed by atoms with Gasteiger partial charge < -0.3 is 5.73 Å². The van der Waals surface area contributed by atoms with E-state index in [1.807, 2.05) is 13.0 Å². The Kier molecular flexibility index (Phi) is 4.61. The Morgan fingerprint density at radius 1 is 1.59 bits per heavy atom. The van der Waals surface area contributed by atoms with Crippen LogP contribution in [0.25, 0.3) is 0 Å². The molecule has 5 heteroatoms. The molecule has 0 aromatic heterocycles. The molecular formula is C12H15N3O2. The predicted molar refractivity (Wildman–Crippen MR) is 64.4 cm³/mol. The van der Waals surface area contributed by atoms with E-state index in [4.69, 9.17) is 11.0 Å². The van der Waals surface area contributed by atoms with Crippen LogP contribution in [-0.2, 0) is 6.42 Å². The summed E-state index contributed by atoms with van der Waals surface area (Å²) in [6, 6.07) is 6.30. The van der Waals surface area contributed by atoms with Crippen molar-refractivity contribution < 1.29 is 4.92 Å². The number of hydrogen-bond donors (Lipinski definition) is 1. The largest absolute Gasteiger partial charge is 0.327 e. The lowest BCUT2D eigenvalue weighted by Gasteiger charge is -2.11. The Morgan fingerprint density at radius 3 is 2.82 bits per heavy atom. The van der Waals surface area contributed by atoms with Crippen molar-refractivity contribution in [2.45, 2.75) is 32.2 Å². The fourth-order valence-corrected chi connectivity index (χ4v) is 1.72. The van der Waals surface area contributed by atoms with Crippen LogP contribution in [0.2, 0.25) is 0 Å². The van der Waals surface area contributed by atoms with Gasteiger partial charge >= 0.3 is 0 Å². The van der Waals surface area contributed by atoms with Gasteiger partial charge in [0, 0.05) is 18.2 Å². The van der Waals surface area contributed by atoms with Crippen LogP contribution in [0.1, 0.15) is 30.9 Å². The molecule has 90 valence electrons. The van der Waals surface area contributed by atoms with Gasteiger partial charge in [0.05, 0.1) is 16.6 Å². The summed E-state index contributed by atoms with van der Waals surface area (Å²) in [7, 11) is 0. The molecule has 2 N–H and O–H groups in total. The van der Waals surface area contributed by atoms with E-state index < -0.39 is 4.92 Å². The highest BCUT2D eigenvalue weighted by Gasteiger charge is 2.12. The van der Waals surface area contributed by atoms with Crippen LogP contribution >= 0.6 is 0 Å². The third-order valence-corrected chi connectivity index (χ3v) is 2.57. The smallest absolute Gasteiger partial charge is 0.270 e. The van der Waals surface area contributed by atoms with Crippen molar-refractivity contribution in [1.29, 1.82) is 5.26 Å². The van der Waals surface area contributed by atoms with Crippen molar-refractivity contribution in [2.24, 2.45) is 5.73 Å². The second kappa shape index (κ2) is 5.97. The summed E-state index contributed by atoms with van der Waals surface area (Å²) in [5, 5.41) is 19.5. The third kappa shape index (κ3) is 3.54. The average Bonchev–Trinajstić information content (AvgIpc) is 2.29. The zero-order valence-electron chi connectivity index (χ0n) is 9.72. The molecule has 0 amide bonds. The summed E-state index contributed by atoms with van der Waals surface area (Å²) in [5.74, 6) is 0. The summed E-state index contributed by atoms with van der Waals surface area (Å²) < 4.78 is 0. The fraction of sp³-hybridized carbons (Fsp3) is 0.417. The second-order valence-corrected chi connectivity index (χ2v) is 3.96. The van der Waals surface area contributed by atoms with E-state index in [1.54, 1.807) is 6.07 Å². The van der Waals surface area contributed by atoms with Crippen molar-refractivity contribution in [3.63, 3.8) is 0 Å². The molecule has 5 nitrogen and oxygen atoms in total. The molecule has 1 atom stereocenters. The number of nitro groups is 1. The summed E-state index contributed by atoms with van der Waals surface area (Å²) in [6.45, 7) is 2.04. The van der Waals surface area contributed by atoms with Crippen molar-refractivity contribution in [3.05, 3.63) is 39.4 Å². The lowest BCUT2D eigenvalue weighted by molar-refractivity contribution is -0.384. The molecule has 1 rings (SSSR count). The minimum Gasteiger partial charge on any atom is -0.327 e. The van der Waals surface area contributed by atoms with E-state index in [-0.39, 0.29) is 11.7 Å². The number of hydrogen-bond acceptors (Lipinski definition) is 4. The molecule has 0 spiro atoms. The highest BCUT2D eigenvalue weighted by Crippen LogP contribution is 2.18. The maximum Gasteiger partial charge on any atom is 0.270 e. The first kappa shape index (κ1) is 13.1. The van der Waals surface area contributed by atoms with Gasteiger partial charge in [-0.2, -0.15) is 5.26 Å². The standard InChI is InChI=1S/C12H15N3O2/c1-2-3-11(14)6-9-4-5-12(15(16)17)7-10(9)8-13/h4-5,7,11H,2-3,6,14H2,1H3. The van der Waals surface area contributed by atoms with Gasteiger partial charge in [0.1, 0.15) is 0 Å². The van der Waals surface area contributed by atoms with E-state index in [9.17, 15) is 10.1 Å². The average molecular weight is 233 g/mol. The minimum absolute atomic E-state index is 0.00597. The third-order valence-electron chi connectivity index (χ3n) is 2.57. The van der Waals surface area contributed by atoms with E-state index in [0.717, 1.165) is 18.4 Å². The molecule has 0 bridgehead atoms. The summed E-state index contributed by atoms with van der Waals surface area (Å²) in [5.41, 5.74) is 6.95. The van der Waals surface area contributed by atoms with E-state index in [0.29, 0.717) is 12.0 Å². The number of benzene rings is 1. The van der Waals surface area contributed by atoms with E-state index >= 15 is 0 Å². The number of rotatable bonds is 5. The van der Waals surface area contributed by atoms with Gasteiger partial charge in [-0.15, -0.1) is 0 Å². The van der Waals surface area contributed by atoms with E-state index in [2.05, 4.69) is 0 Å². The molecule has 0 saturated heterocycles. The Bertz CT molecular complexity index is 452. The topological polar surface area (TPSA) is 92.9 Å². The van der Waals surface area contributed by atoms with Crippen LogP contribution in [0.3, 0.4) is 0 Å². The van der Waals surface area contributed by atoms with Crippen LogP contribution in [-0.4, -0.2) is 11.0 Å². The van der Waals surface area contributed by atoms with Gasteiger partial charge in [-0.05, 0) is 18.4 Å². The normalized spacial score (nSPS) is 11.8. The van der Waals surface area contributed by atoms with Gasteiger partial charge in [-0.1, -0.05) is 19.4 Å². The van der Waals surface area contributed by atoms with Gasteiger partial charge in [0.2, 0.25) is 0 Å². The monoisotopic (exact) mass is 233 g/mol. The quantitative estimate of drug-likeness (QED) is 0.622. The van der Waals surface area contributed by atoms with Crippen molar-refractivity contribution in [1.82, 2.24) is 0 Å². The number of non-ortho nitro benzene ring substituents is 1. The van der Waals surface area contributed by atoms with Gasteiger partial charge in [0.15, 0.2) is 0 Å². The number of nitrogens with zero attached hydrogens (tertiary/aromatic N) is 2. The highest BCUT2D eigenvalue weighted by molar-refractivity contribution is 5.46. The Hall–Kier alpha value is -1.93. The van der Waals surface area contributed by atoms with Crippen molar-refractivity contribution in [2.75, 3.05) is 0 Å². The Morgan fingerprint density at radius 2 is 2.29 bits per heavy atom. The van der Waals surface area contributed by atoms with Crippen LogP contribution in [0.15, 0.2) is 18.2 Å². The van der Waals surface area contributed by atoms with E-state index in [1.165, 1.54) is 12.1 Å². The van der Waals surface area contributed by atoms with Crippen LogP contribution in [0.4, 0.5) is 5.69 Å². The van der Waals surface area contributed by atoms with Crippen LogP contribution < -0.4 is 5.73 Å². The molecule has 0 radical (unpaired) electrons. The molecule has 0 fully saturated rings. The number of nitriles is 1. The maximum atomic E-state index is 10.6. The van der Waals surface area contributed by atoms with Crippen LogP contribution in [0.5, 0.6) is 0 Å².